The second-order valence-corrected chi connectivity index (χ2v) is 8.07. The fraction of sp³-hybridized carbons (Fsp3) is 0.348. The highest BCUT2D eigenvalue weighted by Crippen LogP contribution is 2.50. The molecule has 0 amide bonds. The predicted molar refractivity (Wildman–Crippen MR) is 107 cm³/mol. The van der Waals surface area contributed by atoms with Crippen molar-refractivity contribution in [1.29, 1.82) is 0 Å². The third-order valence-corrected chi connectivity index (χ3v) is 5.68. The van der Waals surface area contributed by atoms with E-state index in [0.29, 0.717) is 34.1 Å². The second-order valence-electron chi connectivity index (χ2n) is 8.07. The Morgan fingerprint density at radius 1 is 1.10 bits per heavy atom. The zero-order valence-electron chi connectivity index (χ0n) is 17.1. The number of carbonyl (C=O) groups excluding carboxylic acids is 1. The Hall–Kier alpha value is -3.22. The molecule has 2 aromatic rings. The number of hydrogen-bond acceptors (Lipinski definition) is 6. The van der Waals surface area contributed by atoms with Crippen LogP contribution in [0, 0.1) is 5.82 Å². The van der Waals surface area contributed by atoms with Gasteiger partial charge in [-0.2, -0.15) is 0 Å². The zero-order chi connectivity index (χ0) is 21.2. The van der Waals surface area contributed by atoms with Crippen LogP contribution in [0.5, 0.6) is 28.7 Å². The quantitative estimate of drug-likeness (QED) is 0.740. The molecule has 2 atom stereocenters. The molecule has 3 aliphatic rings. The van der Waals surface area contributed by atoms with E-state index in [1.165, 1.54) is 20.3 Å². The third kappa shape index (κ3) is 2.65. The van der Waals surface area contributed by atoms with Gasteiger partial charge in [0, 0.05) is 11.6 Å². The minimum atomic E-state index is -0.647. The number of fused-ring (bicyclic) bond motifs is 6. The first-order chi connectivity index (χ1) is 14.3. The van der Waals surface area contributed by atoms with Gasteiger partial charge in [0.15, 0.2) is 28.8 Å². The SMILES string of the molecule is COc1cc2c(cc1OC)C1C(=O)c3cc([18F])c4c(c3OC1CO2)C=CC(C)(C)O4. The van der Waals surface area contributed by atoms with Gasteiger partial charge in [0.1, 0.15) is 29.8 Å². The van der Waals surface area contributed by atoms with Gasteiger partial charge in [-0.05, 0) is 38.1 Å². The van der Waals surface area contributed by atoms with E-state index in [4.69, 9.17) is 23.7 Å². The van der Waals surface area contributed by atoms with Gasteiger partial charge < -0.3 is 23.7 Å². The van der Waals surface area contributed by atoms with Crippen molar-refractivity contribution < 1.29 is 32.9 Å². The molecule has 0 bridgehead atoms. The molecule has 0 N–H and O–H groups in total. The predicted octanol–water partition coefficient (Wildman–Crippen LogP) is 4.15. The summed E-state index contributed by atoms with van der Waals surface area (Å²) in [6.07, 6.45) is 3.02. The van der Waals surface area contributed by atoms with E-state index >= 15 is 0 Å². The first kappa shape index (κ1) is 18.8. The molecule has 7 heteroatoms. The van der Waals surface area contributed by atoms with Gasteiger partial charge in [-0.25, -0.2) is 4.39 Å². The van der Waals surface area contributed by atoms with Crippen molar-refractivity contribution in [2.24, 2.45) is 0 Å². The molecule has 6 nitrogen and oxygen atoms in total. The first-order valence-electron chi connectivity index (χ1n) is 9.67. The fourth-order valence-corrected chi connectivity index (χ4v) is 4.22. The van der Waals surface area contributed by atoms with Gasteiger partial charge in [0.2, 0.25) is 0 Å². The number of methoxy groups -OCH3 is 2. The van der Waals surface area contributed by atoms with Crippen LogP contribution >= 0.6 is 0 Å². The van der Waals surface area contributed by atoms with Crippen LogP contribution in [0.4, 0.5) is 4.39 Å². The van der Waals surface area contributed by atoms with Crippen molar-refractivity contribution in [2.75, 3.05) is 20.8 Å². The summed E-state index contributed by atoms with van der Waals surface area (Å²) in [4.78, 5) is 13.5. The number of hydrogen-bond donors (Lipinski definition) is 0. The molecular formula is C23H21FO6. The summed E-state index contributed by atoms with van der Waals surface area (Å²) < 4.78 is 43.4. The lowest BCUT2D eigenvalue weighted by Gasteiger charge is -2.39. The standard InChI is InChI=1S/C23H21FO6/c1-23(2)6-5-11-21-13(7-14(24)22(11)30-23)20(25)19-12-8-16(26-3)17(27-4)9-15(12)28-10-18(19)29-21/h5-9,18-19H,10H2,1-4H3/i24-1. The van der Waals surface area contributed by atoms with E-state index in [2.05, 4.69) is 0 Å². The zero-order valence-corrected chi connectivity index (χ0v) is 17.1. The van der Waals surface area contributed by atoms with Crippen LogP contribution < -0.4 is 23.7 Å². The molecule has 156 valence electrons. The van der Waals surface area contributed by atoms with Crippen LogP contribution in [-0.2, 0) is 0 Å². The smallest absolute Gasteiger partial charge is 0.178 e. The van der Waals surface area contributed by atoms with Gasteiger partial charge in [-0.15, -0.1) is 0 Å². The van der Waals surface area contributed by atoms with Gasteiger partial charge in [-0.3, -0.25) is 4.79 Å². The molecule has 0 radical (unpaired) electrons. The van der Waals surface area contributed by atoms with E-state index < -0.39 is 23.4 Å². The largest absolute Gasteiger partial charge is 0.493 e. The minimum Gasteiger partial charge on any atom is -0.493 e. The molecule has 0 saturated heterocycles. The number of halogens is 1. The Balaban J connectivity index is 1.64. The van der Waals surface area contributed by atoms with E-state index in [0.717, 1.165) is 0 Å². The van der Waals surface area contributed by atoms with Crippen molar-refractivity contribution in [1.82, 2.24) is 0 Å². The summed E-state index contributed by atoms with van der Waals surface area (Å²) in [5.41, 5.74) is 0.620. The fourth-order valence-electron chi connectivity index (χ4n) is 4.22. The molecule has 2 aromatic carbocycles. The second kappa shape index (κ2) is 6.39. The van der Waals surface area contributed by atoms with Crippen molar-refractivity contribution >= 4 is 11.9 Å². The maximum absolute atomic E-state index is 14.9. The van der Waals surface area contributed by atoms with E-state index in [9.17, 15) is 9.18 Å². The average molecular weight is 411 g/mol. The maximum Gasteiger partial charge on any atom is 0.178 e. The van der Waals surface area contributed by atoms with Gasteiger partial charge in [0.05, 0.1) is 31.3 Å². The Bertz CT molecular complexity index is 1100. The number of ether oxygens (including phenoxy) is 5. The van der Waals surface area contributed by atoms with Crippen molar-refractivity contribution in [3.8, 4) is 28.7 Å². The molecule has 5 rings (SSSR count). The van der Waals surface area contributed by atoms with E-state index in [1.54, 1.807) is 18.2 Å². The lowest BCUT2D eigenvalue weighted by Crippen LogP contribution is -2.43. The molecule has 3 aliphatic heterocycles. The van der Waals surface area contributed by atoms with Crippen molar-refractivity contribution in [3.63, 3.8) is 0 Å². The molecular weight excluding hydrogens is 390 g/mol. The third-order valence-electron chi connectivity index (χ3n) is 5.68. The Morgan fingerprint density at radius 2 is 1.83 bits per heavy atom. The van der Waals surface area contributed by atoms with Crippen LogP contribution in [-0.4, -0.2) is 38.3 Å². The molecule has 3 heterocycles. The van der Waals surface area contributed by atoms with Crippen LogP contribution in [0.15, 0.2) is 24.3 Å². The molecule has 0 aliphatic carbocycles. The number of Topliss-reactive ketones (excluding diaryl/α,β-unsaturated/α-hetero) is 1. The Kier molecular flexibility index (Phi) is 4.00. The maximum atomic E-state index is 14.9. The Labute approximate surface area is 173 Å². The molecule has 2 unspecified atom stereocenters. The van der Waals surface area contributed by atoms with Crippen molar-refractivity contribution in [2.45, 2.75) is 31.5 Å². The van der Waals surface area contributed by atoms with E-state index in [-0.39, 0.29) is 23.7 Å². The minimum absolute atomic E-state index is 0.0935. The van der Waals surface area contributed by atoms with Crippen LogP contribution in [0.3, 0.4) is 0 Å². The lowest BCUT2D eigenvalue weighted by atomic mass is 9.81. The normalized spacial score (nSPS) is 22.4. The Morgan fingerprint density at radius 3 is 2.57 bits per heavy atom. The molecule has 30 heavy (non-hydrogen) atoms. The van der Waals surface area contributed by atoms with Gasteiger partial charge in [0.25, 0.3) is 0 Å². The number of carbonyl (C=O) groups is 1. The summed E-state index contributed by atoms with van der Waals surface area (Å²) in [5.74, 6) is 0.488. The van der Waals surface area contributed by atoms with Crippen LogP contribution in [0.1, 0.15) is 41.3 Å². The summed E-state index contributed by atoms with van der Waals surface area (Å²) in [6.45, 7) is 3.85. The van der Waals surface area contributed by atoms with Gasteiger partial charge in [-0.1, -0.05) is 0 Å². The van der Waals surface area contributed by atoms with E-state index in [1.807, 2.05) is 19.9 Å². The van der Waals surface area contributed by atoms with Crippen molar-refractivity contribution in [3.05, 3.63) is 46.8 Å². The molecule has 0 fully saturated rings. The molecule has 0 aromatic heterocycles. The summed E-state index contributed by atoms with van der Waals surface area (Å²) >= 11 is 0. The number of benzene rings is 2. The highest BCUT2D eigenvalue weighted by molar-refractivity contribution is 6.06. The number of rotatable bonds is 2. The highest BCUT2D eigenvalue weighted by atomic mass is 18.2. The monoisotopic (exact) mass is 411 g/mol. The van der Waals surface area contributed by atoms with Gasteiger partial charge >= 0.3 is 0 Å². The van der Waals surface area contributed by atoms with Crippen LogP contribution in [0.25, 0.3) is 6.08 Å². The lowest BCUT2D eigenvalue weighted by molar-refractivity contribution is 0.0550. The van der Waals surface area contributed by atoms with Crippen LogP contribution in [0.2, 0.25) is 0 Å². The summed E-state index contributed by atoms with van der Waals surface area (Å²) in [7, 11) is 3.05. The highest BCUT2D eigenvalue weighted by Gasteiger charge is 2.45. The molecule has 0 saturated carbocycles. The summed E-state index contributed by atoms with van der Waals surface area (Å²) in [5, 5.41) is 0. The first-order valence-corrected chi connectivity index (χ1v) is 9.67. The topological polar surface area (TPSA) is 63.2 Å². The number of ketones is 1. The average Bonchev–Trinajstić information content (AvgIpc) is 2.73. The summed E-state index contributed by atoms with van der Waals surface area (Å²) in [6, 6.07) is 4.62. The molecule has 0 spiro atoms.